The third-order valence-electron chi connectivity index (χ3n) is 4.18. The fraction of sp³-hybridized carbons (Fsp3) is 0.318. The van der Waals surface area contributed by atoms with Crippen LogP contribution in [0.4, 0.5) is 0 Å². The number of benzene rings is 1. The molecule has 6 heteroatoms. The van der Waals surface area contributed by atoms with E-state index in [9.17, 15) is 14.9 Å². The van der Waals surface area contributed by atoms with Crippen LogP contribution in [0.25, 0.3) is 6.08 Å². The van der Waals surface area contributed by atoms with Gasteiger partial charge in [-0.3, -0.25) is 14.5 Å². The van der Waals surface area contributed by atoms with E-state index in [2.05, 4.69) is 6.58 Å². The topological polar surface area (TPSA) is 79.6 Å². The summed E-state index contributed by atoms with van der Waals surface area (Å²) in [5, 5.41) is 9.36. The summed E-state index contributed by atoms with van der Waals surface area (Å²) < 4.78 is 11.3. The Morgan fingerprint density at radius 2 is 1.93 bits per heavy atom. The van der Waals surface area contributed by atoms with Crippen molar-refractivity contribution in [3.8, 4) is 17.6 Å². The molecule has 0 aromatic heterocycles. The van der Waals surface area contributed by atoms with Gasteiger partial charge in [-0.15, -0.1) is 6.58 Å². The Labute approximate surface area is 165 Å². The van der Waals surface area contributed by atoms with E-state index < -0.39 is 11.8 Å². The molecule has 1 aliphatic rings. The molecule has 1 heterocycles. The normalized spacial score (nSPS) is 15.6. The van der Waals surface area contributed by atoms with Crippen LogP contribution in [-0.2, 0) is 9.59 Å². The fourth-order valence-corrected chi connectivity index (χ4v) is 2.81. The fourth-order valence-electron chi connectivity index (χ4n) is 2.81. The number of nitrogens with zero attached hydrogens (tertiary/aromatic N) is 2. The maximum Gasteiger partial charge on any atom is 0.271 e. The van der Waals surface area contributed by atoms with E-state index in [1.807, 2.05) is 19.9 Å². The molecule has 0 bridgehead atoms. The molecule has 6 nitrogen and oxygen atoms in total. The average Bonchev–Trinajstić information content (AvgIpc) is 2.68. The minimum absolute atomic E-state index is 0.0411. The first kappa shape index (κ1) is 21.0. The number of imide groups is 1. The lowest BCUT2D eigenvalue weighted by molar-refractivity contribution is -0.139. The summed E-state index contributed by atoms with van der Waals surface area (Å²) in [4.78, 5) is 26.2. The number of ether oxygens (including phenoxy) is 2. The molecule has 1 aromatic rings. The van der Waals surface area contributed by atoms with Gasteiger partial charge in [0.15, 0.2) is 11.5 Å². The SMILES string of the molecule is C=CCN1C(=O)C(C#N)=C(C)/C(=C\c2ccc(OCCC)c(OCC)c2)C1=O. The lowest BCUT2D eigenvalue weighted by atomic mass is 9.93. The van der Waals surface area contributed by atoms with Gasteiger partial charge in [0.2, 0.25) is 0 Å². The highest BCUT2D eigenvalue weighted by atomic mass is 16.5. The van der Waals surface area contributed by atoms with Gasteiger partial charge in [-0.05, 0) is 49.6 Å². The van der Waals surface area contributed by atoms with Gasteiger partial charge >= 0.3 is 0 Å². The number of carbonyl (C=O) groups is 2. The third-order valence-corrected chi connectivity index (χ3v) is 4.18. The number of hydrogen-bond acceptors (Lipinski definition) is 5. The summed E-state index contributed by atoms with van der Waals surface area (Å²) in [6.45, 7) is 10.2. The van der Waals surface area contributed by atoms with Crippen molar-refractivity contribution in [1.29, 1.82) is 5.26 Å². The first-order valence-corrected chi connectivity index (χ1v) is 9.18. The van der Waals surface area contributed by atoms with E-state index in [4.69, 9.17) is 9.47 Å². The number of hydrogen-bond donors (Lipinski definition) is 0. The number of rotatable bonds is 8. The molecule has 0 spiro atoms. The summed E-state index contributed by atoms with van der Waals surface area (Å²) >= 11 is 0. The molecule has 2 amide bonds. The van der Waals surface area contributed by atoms with E-state index in [1.165, 1.54) is 6.08 Å². The van der Waals surface area contributed by atoms with Crippen molar-refractivity contribution in [2.45, 2.75) is 27.2 Å². The first-order valence-electron chi connectivity index (χ1n) is 9.18. The van der Waals surface area contributed by atoms with Crippen LogP contribution in [0.15, 0.2) is 47.6 Å². The second kappa shape index (κ2) is 9.56. The molecule has 0 saturated carbocycles. The first-order chi connectivity index (χ1) is 13.5. The molecule has 0 radical (unpaired) electrons. The molecule has 2 rings (SSSR count). The van der Waals surface area contributed by atoms with Crippen molar-refractivity contribution in [1.82, 2.24) is 4.90 Å². The molecule has 0 atom stereocenters. The van der Waals surface area contributed by atoms with Crippen LogP contribution in [0.3, 0.4) is 0 Å². The van der Waals surface area contributed by atoms with Crippen molar-refractivity contribution in [3.63, 3.8) is 0 Å². The maximum absolute atomic E-state index is 12.8. The molecule has 1 aromatic carbocycles. The molecule has 0 N–H and O–H groups in total. The molecule has 1 aliphatic heterocycles. The van der Waals surface area contributed by atoms with Crippen LogP contribution in [0, 0.1) is 11.3 Å². The monoisotopic (exact) mass is 380 g/mol. The van der Waals surface area contributed by atoms with Gasteiger partial charge in [0, 0.05) is 12.1 Å². The van der Waals surface area contributed by atoms with Crippen molar-refractivity contribution < 1.29 is 19.1 Å². The van der Waals surface area contributed by atoms with Crippen LogP contribution in [0.5, 0.6) is 11.5 Å². The van der Waals surface area contributed by atoms with Gasteiger partial charge in [0.1, 0.15) is 11.6 Å². The van der Waals surface area contributed by atoms with Crippen molar-refractivity contribution in [2.24, 2.45) is 0 Å². The highest BCUT2D eigenvalue weighted by molar-refractivity contribution is 6.19. The zero-order valence-electron chi connectivity index (χ0n) is 16.4. The van der Waals surface area contributed by atoms with Crippen molar-refractivity contribution >= 4 is 17.9 Å². The second-order valence-electron chi connectivity index (χ2n) is 6.17. The summed E-state index contributed by atoms with van der Waals surface area (Å²) in [6.07, 6.45) is 3.99. The number of nitriles is 1. The highest BCUT2D eigenvalue weighted by Gasteiger charge is 2.34. The summed E-state index contributed by atoms with van der Waals surface area (Å²) in [5.74, 6) is 0.162. The molecular weight excluding hydrogens is 356 g/mol. The summed E-state index contributed by atoms with van der Waals surface area (Å²) in [6, 6.07) is 7.28. The van der Waals surface area contributed by atoms with Gasteiger partial charge in [0.25, 0.3) is 11.8 Å². The molecule has 28 heavy (non-hydrogen) atoms. The molecule has 0 fully saturated rings. The largest absolute Gasteiger partial charge is 0.490 e. The molecular formula is C22H24N2O4. The van der Waals surface area contributed by atoms with Gasteiger partial charge in [0.05, 0.1) is 13.2 Å². The number of amides is 2. The van der Waals surface area contributed by atoms with E-state index in [-0.39, 0.29) is 12.1 Å². The minimum Gasteiger partial charge on any atom is -0.490 e. The van der Waals surface area contributed by atoms with E-state index >= 15 is 0 Å². The van der Waals surface area contributed by atoms with Crippen LogP contribution in [0.2, 0.25) is 0 Å². The Morgan fingerprint density at radius 3 is 2.54 bits per heavy atom. The van der Waals surface area contributed by atoms with Crippen LogP contribution in [0.1, 0.15) is 32.8 Å². The van der Waals surface area contributed by atoms with E-state index in [0.717, 1.165) is 11.3 Å². The Balaban J connectivity index is 2.52. The van der Waals surface area contributed by atoms with Gasteiger partial charge in [-0.1, -0.05) is 19.1 Å². The molecule has 0 unspecified atom stereocenters. The van der Waals surface area contributed by atoms with E-state index in [1.54, 1.807) is 31.2 Å². The van der Waals surface area contributed by atoms with Crippen molar-refractivity contribution in [3.05, 3.63) is 53.1 Å². The van der Waals surface area contributed by atoms with E-state index in [0.29, 0.717) is 41.4 Å². The Morgan fingerprint density at radius 1 is 1.18 bits per heavy atom. The Bertz CT molecular complexity index is 890. The average molecular weight is 380 g/mol. The second-order valence-corrected chi connectivity index (χ2v) is 6.17. The van der Waals surface area contributed by atoms with Gasteiger partial charge in [-0.2, -0.15) is 5.26 Å². The lowest BCUT2D eigenvalue weighted by Crippen LogP contribution is -2.42. The Hall–Kier alpha value is -3.33. The summed E-state index contributed by atoms with van der Waals surface area (Å²) in [5.41, 5.74) is 1.32. The van der Waals surface area contributed by atoms with Crippen LogP contribution < -0.4 is 9.47 Å². The van der Waals surface area contributed by atoms with Crippen LogP contribution in [-0.4, -0.2) is 36.5 Å². The Kier molecular flexibility index (Phi) is 7.16. The predicted octanol–water partition coefficient (Wildman–Crippen LogP) is 3.65. The van der Waals surface area contributed by atoms with Crippen LogP contribution >= 0.6 is 0 Å². The zero-order chi connectivity index (χ0) is 20.7. The molecule has 146 valence electrons. The third kappa shape index (κ3) is 4.32. The quantitative estimate of drug-likeness (QED) is 0.391. The van der Waals surface area contributed by atoms with Gasteiger partial charge < -0.3 is 9.47 Å². The highest BCUT2D eigenvalue weighted by Crippen LogP contribution is 2.32. The molecule has 0 saturated heterocycles. The van der Waals surface area contributed by atoms with Crippen molar-refractivity contribution in [2.75, 3.05) is 19.8 Å². The standard InChI is InChI=1S/C22H24N2O4/c1-5-10-24-21(25)17(15(4)18(14-23)22(24)26)12-16-8-9-19(28-11-6-2)20(13-16)27-7-3/h5,8-9,12-13H,1,6-7,10-11H2,2-4H3/b17-12+. The smallest absolute Gasteiger partial charge is 0.271 e. The predicted molar refractivity (Wildman–Crippen MR) is 107 cm³/mol. The minimum atomic E-state index is -0.597. The zero-order valence-corrected chi connectivity index (χ0v) is 16.4. The summed E-state index contributed by atoms with van der Waals surface area (Å²) in [7, 11) is 0. The molecule has 0 aliphatic carbocycles. The lowest BCUT2D eigenvalue weighted by Gasteiger charge is -2.26. The maximum atomic E-state index is 12.8. The number of carbonyl (C=O) groups excluding carboxylic acids is 2. The van der Waals surface area contributed by atoms with Gasteiger partial charge in [-0.25, -0.2) is 0 Å².